The second-order valence-corrected chi connectivity index (χ2v) is 6.33. The fourth-order valence-corrected chi connectivity index (χ4v) is 2.59. The number of halogens is 1. The van der Waals surface area contributed by atoms with Crippen molar-refractivity contribution in [2.45, 2.75) is 31.9 Å². The molecule has 148 valence electrons. The van der Waals surface area contributed by atoms with Crippen LogP contribution in [0.5, 0.6) is 0 Å². The Balaban J connectivity index is 0.00000338. The average Bonchev–Trinajstić information content (AvgIpc) is 3.14. The van der Waals surface area contributed by atoms with E-state index in [1.807, 2.05) is 31.3 Å². The monoisotopic (exact) mass is 477 g/mol. The zero-order valence-corrected chi connectivity index (χ0v) is 18.4. The van der Waals surface area contributed by atoms with Gasteiger partial charge < -0.3 is 25.0 Å². The normalized spacial score (nSPS) is 16.9. The molecule has 0 aliphatic carbocycles. The molecule has 2 rings (SSSR count). The molecule has 1 atom stereocenters. The van der Waals surface area contributed by atoms with Crippen molar-refractivity contribution >= 4 is 35.8 Å². The van der Waals surface area contributed by atoms with Crippen molar-refractivity contribution in [3.05, 3.63) is 23.9 Å². The van der Waals surface area contributed by atoms with Gasteiger partial charge in [-0.05, 0) is 37.0 Å². The summed E-state index contributed by atoms with van der Waals surface area (Å²) in [4.78, 5) is 10.6. The maximum absolute atomic E-state index is 5.66. The fraction of sp³-hybridized carbons (Fsp3) is 0.667. The fourth-order valence-electron chi connectivity index (χ4n) is 2.59. The van der Waals surface area contributed by atoms with E-state index in [-0.39, 0.29) is 24.0 Å². The molecular weight excluding hydrogens is 445 g/mol. The number of nitrogens with zero attached hydrogens (tertiary/aromatic N) is 3. The molecule has 8 heteroatoms. The van der Waals surface area contributed by atoms with Gasteiger partial charge in [-0.2, -0.15) is 0 Å². The van der Waals surface area contributed by atoms with E-state index in [0.717, 1.165) is 50.8 Å². The molecular formula is C18H32IN5O2. The van der Waals surface area contributed by atoms with Gasteiger partial charge in [-0.1, -0.05) is 0 Å². The molecule has 1 aromatic heterocycles. The lowest BCUT2D eigenvalue weighted by Gasteiger charge is -2.14. The van der Waals surface area contributed by atoms with E-state index in [1.54, 1.807) is 7.05 Å². The molecule has 0 spiro atoms. The Morgan fingerprint density at radius 2 is 2.27 bits per heavy atom. The summed E-state index contributed by atoms with van der Waals surface area (Å²) in [7, 11) is 5.75. The van der Waals surface area contributed by atoms with Crippen LogP contribution in [-0.2, 0) is 16.0 Å². The van der Waals surface area contributed by atoms with Crippen LogP contribution < -0.4 is 15.5 Å². The van der Waals surface area contributed by atoms with Crippen molar-refractivity contribution in [1.82, 2.24) is 15.6 Å². The first-order valence-corrected chi connectivity index (χ1v) is 8.95. The molecule has 1 saturated heterocycles. The van der Waals surface area contributed by atoms with E-state index in [4.69, 9.17) is 9.47 Å². The highest BCUT2D eigenvalue weighted by molar-refractivity contribution is 14.0. The lowest BCUT2D eigenvalue weighted by Crippen LogP contribution is -2.37. The molecule has 1 aromatic rings. The minimum atomic E-state index is 0. The Kier molecular flexibility index (Phi) is 11.5. The van der Waals surface area contributed by atoms with Gasteiger partial charge in [-0.25, -0.2) is 4.98 Å². The molecule has 1 aliphatic heterocycles. The van der Waals surface area contributed by atoms with E-state index in [9.17, 15) is 0 Å². The molecule has 0 aromatic carbocycles. The third kappa shape index (κ3) is 8.50. The van der Waals surface area contributed by atoms with Gasteiger partial charge in [0.2, 0.25) is 0 Å². The highest BCUT2D eigenvalue weighted by Gasteiger charge is 2.14. The largest absolute Gasteiger partial charge is 0.379 e. The van der Waals surface area contributed by atoms with Gasteiger partial charge in [0, 0.05) is 53.6 Å². The molecule has 0 bridgehead atoms. The zero-order valence-electron chi connectivity index (χ0n) is 16.0. The number of guanidine groups is 1. The zero-order chi connectivity index (χ0) is 17.9. The SMILES string of the molecule is CN=C(NCCCOCC1CCCO1)NCc1ccnc(N(C)C)c1.I. The summed E-state index contributed by atoms with van der Waals surface area (Å²) >= 11 is 0. The molecule has 0 radical (unpaired) electrons. The number of hydrogen-bond donors (Lipinski definition) is 2. The van der Waals surface area contributed by atoms with Crippen molar-refractivity contribution in [3.8, 4) is 0 Å². The number of aliphatic imine (C=N–C) groups is 1. The second-order valence-electron chi connectivity index (χ2n) is 6.33. The first-order chi connectivity index (χ1) is 12.2. The molecule has 7 nitrogen and oxygen atoms in total. The first kappa shape index (κ1) is 22.9. The number of nitrogens with one attached hydrogen (secondary N) is 2. The third-order valence-corrected chi connectivity index (χ3v) is 4.04. The number of ether oxygens (including phenoxy) is 2. The highest BCUT2D eigenvalue weighted by atomic mass is 127. The first-order valence-electron chi connectivity index (χ1n) is 8.95. The van der Waals surface area contributed by atoms with E-state index >= 15 is 0 Å². The maximum Gasteiger partial charge on any atom is 0.191 e. The summed E-state index contributed by atoms with van der Waals surface area (Å²) in [5.41, 5.74) is 1.17. The molecule has 0 amide bonds. The summed E-state index contributed by atoms with van der Waals surface area (Å²) in [5.74, 6) is 1.74. The van der Waals surface area contributed by atoms with Crippen molar-refractivity contribution in [2.24, 2.45) is 4.99 Å². The Morgan fingerprint density at radius 3 is 2.96 bits per heavy atom. The van der Waals surface area contributed by atoms with Crippen molar-refractivity contribution < 1.29 is 9.47 Å². The quantitative estimate of drug-likeness (QED) is 0.246. The average molecular weight is 477 g/mol. The molecule has 26 heavy (non-hydrogen) atoms. The molecule has 2 heterocycles. The maximum atomic E-state index is 5.66. The van der Waals surface area contributed by atoms with Gasteiger partial charge >= 0.3 is 0 Å². The topological polar surface area (TPSA) is 71.0 Å². The van der Waals surface area contributed by atoms with Gasteiger partial charge in [0.05, 0.1) is 12.7 Å². The van der Waals surface area contributed by atoms with Crippen molar-refractivity contribution in [3.63, 3.8) is 0 Å². The van der Waals surface area contributed by atoms with Crippen LogP contribution in [0.25, 0.3) is 0 Å². The van der Waals surface area contributed by atoms with Gasteiger partial charge in [0.1, 0.15) is 5.82 Å². The van der Waals surface area contributed by atoms with Crippen LogP contribution >= 0.6 is 24.0 Å². The van der Waals surface area contributed by atoms with E-state index in [0.29, 0.717) is 19.3 Å². The van der Waals surface area contributed by atoms with Gasteiger partial charge in [0.25, 0.3) is 0 Å². The number of pyridine rings is 1. The van der Waals surface area contributed by atoms with E-state index < -0.39 is 0 Å². The van der Waals surface area contributed by atoms with Crippen LogP contribution in [0.4, 0.5) is 5.82 Å². The van der Waals surface area contributed by atoms with Gasteiger partial charge in [-0.3, -0.25) is 4.99 Å². The smallest absolute Gasteiger partial charge is 0.191 e. The predicted molar refractivity (Wildman–Crippen MR) is 117 cm³/mol. The number of aromatic nitrogens is 1. The van der Waals surface area contributed by atoms with Crippen molar-refractivity contribution in [2.75, 3.05) is 52.4 Å². The molecule has 1 fully saturated rings. The Labute approximate surface area is 174 Å². The Morgan fingerprint density at radius 1 is 1.42 bits per heavy atom. The molecule has 2 N–H and O–H groups in total. The van der Waals surface area contributed by atoms with Crippen LogP contribution in [0.3, 0.4) is 0 Å². The number of anilines is 1. The van der Waals surface area contributed by atoms with E-state index in [2.05, 4.69) is 26.7 Å². The summed E-state index contributed by atoms with van der Waals surface area (Å²) in [6, 6.07) is 4.07. The van der Waals surface area contributed by atoms with Crippen LogP contribution in [-0.4, -0.2) is 64.6 Å². The van der Waals surface area contributed by atoms with Crippen molar-refractivity contribution in [1.29, 1.82) is 0 Å². The second kappa shape index (κ2) is 13.1. The Hall–Kier alpha value is -1.13. The van der Waals surface area contributed by atoms with Gasteiger partial charge in [0.15, 0.2) is 5.96 Å². The van der Waals surface area contributed by atoms with E-state index in [1.165, 1.54) is 5.56 Å². The minimum absolute atomic E-state index is 0. The number of hydrogen-bond acceptors (Lipinski definition) is 5. The standard InChI is InChI=1S/C18H31N5O2.HI/c1-19-18(21-8-5-10-24-14-16-6-4-11-25-16)22-13-15-7-9-20-17(12-15)23(2)3;/h7,9,12,16H,4-6,8,10-11,13-14H2,1-3H3,(H2,19,21,22);1H. The summed E-state index contributed by atoms with van der Waals surface area (Å²) in [6.07, 6.45) is 5.35. The summed E-state index contributed by atoms with van der Waals surface area (Å²) < 4.78 is 11.2. The lowest BCUT2D eigenvalue weighted by atomic mass is 10.2. The summed E-state index contributed by atoms with van der Waals surface area (Å²) in [5, 5.41) is 6.63. The van der Waals surface area contributed by atoms with Crippen LogP contribution in [0, 0.1) is 0 Å². The summed E-state index contributed by atoms with van der Waals surface area (Å²) in [6.45, 7) is 3.86. The van der Waals surface area contributed by atoms with Crippen LogP contribution in [0.15, 0.2) is 23.3 Å². The molecule has 1 unspecified atom stereocenters. The third-order valence-electron chi connectivity index (χ3n) is 4.04. The van der Waals surface area contributed by atoms with Gasteiger partial charge in [-0.15, -0.1) is 24.0 Å². The van der Waals surface area contributed by atoms with Crippen LogP contribution in [0.1, 0.15) is 24.8 Å². The number of rotatable bonds is 9. The van der Waals surface area contributed by atoms with Crippen LogP contribution in [0.2, 0.25) is 0 Å². The predicted octanol–water partition coefficient (Wildman–Crippen LogP) is 2.02. The Bertz CT molecular complexity index is 536. The highest BCUT2D eigenvalue weighted by Crippen LogP contribution is 2.12. The lowest BCUT2D eigenvalue weighted by molar-refractivity contribution is 0.0168. The molecule has 1 aliphatic rings. The molecule has 0 saturated carbocycles. The minimum Gasteiger partial charge on any atom is -0.379 e.